The van der Waals surface area contributed by atoms with E-state index in [-0.39, 0.29) is 0 Å². The third kappa shape index (κ3) is 3.42. The molecule has 0 saturated heterocycles. The molecule has 1 heterocycles. The minimum Gasteiger partial charge on any atom is -0.495 e. The van der Waals surface area contributed by atoms with Crippen molar-refractivity contribution in [1.29, 1.82) is 0 Å². The van der Waals surface area contributed by atoms with Crippen LogP contribution in [-0.4, -0.2) is 18.6 Å². The molecule has 1 N–H and O–H groups in total. The maximum Gasteiger partial charge on any atom is 0.138 e. The van der Waals surface area contributed by atoms with Crippen molar-refractivity contribution in [3.8, 4) is 16.9 Å². The van der Waals surface area contributed by atoms with E-state index in [9.17, 15) is 0 Å². The monoisotopic (exact) mass is 310 g/mol. The molecule has 2 rings (SSSR count). The Hall–Kier alpha value is -1.29. The zero-order chi connectivity index (χ0) is 14.5. The van der Waals surface area contributed by atoms with Crippen LogP contribution in [0.1, 0.15) is 12.5 Å². The van der Waals surface area contributed by atoms with E-state index in [0.29, 0.717) is 15.8 Å². The highest BCUT2D eigenvalue weighted by Crippen LogP contribution is 2.36. The standard InChI is InChI=1S/C15H16Cl2N2O/c1-3-18-7-10-4-11(9-19-8-10)12-5-14(17)15(20-2)6-13(12)16/h4-6,8-9,18H,3,7H2,1-2H3. The topological polar surface area (TPSA) is 34.2 Å². The van der Waals surface area contributed by atoms with E-state index in [0.717, 1.165) is 29.8 Å². The number of aromatic nitrogens is 1. The molecule has 3 nitrogen and oxygen atoms in total. The van der Waals surface area contributed by atoms with E-state index in [2.05, 4.69) is 23.3 Å². The fourth-order valence-electron chi connectivity index (χ4n) is 1.91. The van der Waals surface area contributed by atoms with Gasteiger partial charge in [0, 0.05) is 36.1 Å². The van der Waals surface area contributed by atoms with Gasteiger partial charge in [-0.1, -0.05) is 30.1 Å². The smallest absolute Gasteiger partial charge is 0.138 e. The van der Waals surface area contributed by atoms with Crippen LogP contribution in [0.2, 0.25) is 10.0 Å². The first kappa shape index (κ1) is 15.1. The number of nitrogens with zero attached hydrogens (tertiary/aromatic N) is 1. The van der Waals surface area contributed by atoms with Gasteiger partial charge in [-0.15, -0.1) is 0 Å². The van der Waals surface area contributed by atoms with Crippen LogP contribution in [0.25, 0.3) is 11.1 Å². The second-order valence-corrected chi connectivity index (χ2v) is 5.14. The zero-order valence-corrected chi connectivity index (χ0v) is 12.9. The van der Waals surface area contributed by atoms with E-state index in [1.54, 1.807) is 25.4 Å². The molecule has 0 unspecified atom stereocenters. The van der Waals surface area contributed by atoms with Gasteiger partial charge in [-0.2, -0.15) is 0 Å². The summed E-state index contributed by atoms with van der Waals surface area (Å²) in [7, 11) is 1.57. The molecule has 0 aliphatic carbocycles. The van der Waals surface area contributed by atoms with E-state index in [1.165, 1.54) is 0 Å². The molecule has 0 bridgehead atoms. The molecule has 0 radical (unpaired) electrons. The van der Waals surface area contributed by atoms with Crippen molar-refractivity contribution >= 4 is 23.2 Å². The van der Waals surface area contributed by atoms with Gasteiger partial charge in [-0.05, 0) is 24.2 Å². The summed E-state index contributed by atoms with van der Waals surface area (Å²) in [4.78, 5) is 4.25. The second kappa shape index (κ2) is 6.93. The lowest BCUT2D eigenvalue weighted by Crippen LogP contribution is -2.11. The lowest BCUT2D eigenvalue weighted by Gasteiger charge is -2.10. The molecule has 0 fully saturated rings. The summed E-state index contributed by atoms with van der Waals surface area (Å²) in [5.74, 6) is 0.567. The Kier molecular flexibility index (Phi) is 5.24. The second-order valence-electron chi connectivity index (χ2n) is 4.33. The predicted molar refractivity (Wildman–Crippen MR) is 83.6 cm³/mol. The fraction of sp³-hybridized carbons (Fsp3) is 0.267. The Balaban J connectivity index is 2.38. The highest BCUT2D eigenvalue weighted by molar-refractivity contribution is 6.36. The van der Waals surface area contributed by atoms with Gasteiger partial charge in [-0.25, -0.2) is 0 Å². The van der Waals surface area contributed by atoms with Crippen molar-refractivity contribution in [2.24, 2.45) is 0 Å². The molecule has 0 amide bonds. The Bertz CT molecular complexity index is 602. The quantitative estimate of drug-likeness (QED) is 0.900. The van der Waals surface area contributed by atoms with Gasteiger partial charge in [0.2, 0.25) is 0 Å². The number of hydrogen-bond acceptors (Lipinski definition) is 3. The molecule has 0 aliphatic rings. The van der Waals surface area contributed by atoms with Crippen molar-refractivity contribution in [2.45, 2.75) is 13.5 Å². The molecule has 106 valence electrons. The number of benzene rings is 1. The summed E-state index contributed by atoms with van der Waals surface area (Å²) in [6.07, 6.45) is 3.62. The fourth-order valence-corrected chi connectivity index (χ4v) is 2.41. The van der Waals surface area contributed by atoms with Crippen molar-refractivity contribution in [3.63, 3.8) is 0 Å². The van der Waals surface area contributed by atoms with Gasteiger partial charge in [0.25, 0.3) is 0 Å². The third-order valence-electron chi connectivity index (χ3n) is 2.93. The first-order valence-electron chi connectivity index (χ1n) is 6.33. The molecule has 1 aromatic heterocycles. The van der Waals surface area contributed by atoms with Crippen LogP contribution in [0.5, 0.6) is 5.75 Å². The SMILES string of the molecule is CCNCc1cncc(-c2cc(Cl)c(OC)cc2Cl)c1. The van der Waals surface area contributed by atoms with Crippen LogP contribution in [0.4, 0.5) is 0 Å². The van der Waals surface area contributed by atoms with Crippen LogP contribution in [0.3, 0.4) is 0 Å². The minimum atomic E-state index is 0.531. The minimum absolute atomic E-state index is 0.531. The van der Waals surface area contributed by atoms with Crippen LogP contribution < -0.4 is 10.1 Å². The first-order chi connectivity index (χ1) is 9.65. The largest absolute Gasteiger partial charge is 0.495 e. The maximum atomic E-state index is 6.29. The highest BCUT2D eigenvalue weighted by Gasteiger charge is 2.10. The van der Waals surface area contributed by atoms with Gasteiger partial charge in [0.1, 0.15) is 5.75 Å². The summed E-state index contributed by atoms with van der Waals surface area (Å²) in [5.41, 5.74) is 2.89. The number of hydrogen-bond donors (Lipinski definition) is 1. The summed E-state index contributed by atoms with van der Waals surface area (Å²) in [6.45, 7) is 3.76. The lowest BCUT2D eigenvalue weighted by molar-refractivity contribution is 0.415. The molecule has 0 spiro atoms. The Morgan fingerprint density at radius 2 is 1.95 bits per heavy atom. The van der Waals surface area contributed by atoms with Gasteiger partial charge >= 0.3 is 0 Å². The number of ether oxygens (including phenoxy) is 1. The summed E-state index contributed by atoms with van der Waals surface area (Å²) < 4.78 is 5.15. The zero-order valence-electron chi connectivity index (χ0n) is 11.4. The lowest BCUT2D eigenvalue weighted by atomic mass is 10.1. The van der Waals surface area contributed by atoms with Crippen LogP contribution >= 0.6 is 23.2 Å². The summed E-state index contributed by atoms with van der Waals surface area (Å²) in [6, 6.07) is 5.58. The number of rotatable bonds is 5. The summed E-state index contributed by atoms with van der Waals surface area (Å²) >= 11 is 12.4. The van der Waals surface area contributed by atoms with E-state index >= 15 is 0 Å². The van der Waals surface area contributed by atoms with Crippen molar-refractivity contribution < 1.29 is 4.74 Å². The van der Waals surface area contributed by atoms with Crippen LogP contribution in [-0.2, 0) is 6.54 Å². The number of nitrogens with one attached hydrogen (secondary N) is 1. The van der Waals surface area contributed by atoms with Crippen LogP contribution in [0.15, 0.2) is 30.6 Å². The van der Waals surface area contributed by atoms with Gasteiger partial charge in [-0.3, -0.25) is 4.98 Å². The van der Waals surface area contributed by atoms with Crippen molar-refractivity contribution in [3.05, 3.63) is 46.2 Å². The third-order valence-corrected chi connectivity index (χ3v) is 3.53. The van der Waals surface area contributed by atoms with E-state index in [4.69, 9.17) is 27.9 Å². The first-order valence-corrected chi connectivity index (χ1v) is 7.09. The molecule has 1 aromatic carbocycles. The molecule has 2 aromatic rings. The molecule has 0 saturated carbocycles. The highest BCUT2D eigenvalue weighted by atomic mass is 35.5. The van der Waals surface area contributed by atoms with Gasteiger partial charge < -0.3 is 10.1 Å². The molecule has 0 atom stereocenters. The van der Waals surface area contributed by atoms with Crippen molar-refractivity contribution in [2.75, 3.05) is 13.7 Å². The van der Waals surface area contributed by atoms with Gasteiger partial charge in [0.05, 0.1) is 17.2 Å². The number of pyridine rings is 1. The average molecular weight is 311 g/mol. The maximum absolute atomic E-state index is 6.29. The van der Waals surface area contributed by atoms with Gasteiger partial charge in [0.15, 0.2) is 0 Å². The van der Waals surface area contributed by atoms with E-state index in [1.807, 2.05) is 6.20 Å². The molecular formula is C15H16Cl2N2O. The molecule has 5 heteroatoms. The Morgan fingerprint density at radius 3 is 2.65 bits per heavy atom. The van der Waals surface area contributed by atoms with Crippen LogP contribution in [0, 0.1) is 0 Å². The number of halogens is 2. The van der Waals surface area contributed by atoms with E-state index < -0.39 is 0 Å². The molecule has 20 heavy (non-hydrogen) atoms. The Morgan fingerprint density at radius 1 is 1.15 bits per heavy atom. The molecular weight excluding hydrogens is 295 g/mol. The summed E-state index contributed by atoms with van der Waals surface area (Å²) in [5, 5.41) is 4.39. The predicted octanol–water partition coefficient (Wildman–Crippen LogP) is 4.17. The normalized spacial score (nSPS) is 10.6. The molecule has 0 aliphatic heterocycles. The number of methoxy groups -OCH3 is 1. The Labute approximate surface area is 128 Å². The average Bonchev–Trinajstić information content (AvgIpc) is 2.47. The van der Waals surface area contributed by atoms with Crippen molar-refractivity contribution in [1.82, 2.24) is 10.3 Å².